The van der Waals surface area contributed by atoms with Crippen LogP contribution >= 0.6 is 11.3 Å². The van der Waals surface area contributed by atoms with Crippen molar-refractivity contribution in [3.05, 3.63) is 22.5 Å². The molecule has 0 bridgehead atoms. The number of likely N-dealkylation sites (tertiary alicyclic amines) is 1. The van der Waals surface area contributed by atoms with Crippen LogP contribution in [0.5, 0.6) is 0 Å². The second kappa shape index (κ2) is 5.88. The Morgan fingerprint density at radius 1 is 1.40 bits per heavy atom. The van der Waals surface area contributed by atoms with Crippen LogP contribution in [0.25, 0.3) is 0 Å². The molecule has 0 aromatic carbocycles. The Bertz CT molecular complexity index is 531. The second-order valence-corrected chi connectivity index (χ2v) is 6.32. The van der Waals surface area contributed by atoms with Crippen LogP contribution in [0, 0.1) is 0 Å². The lowest BCUT2D eigenvalue weighted by Crippen LogP contribution is -2.32. The molecule has 0 unspecified atom stereocenters. The first kappa shape index (κ1) is 13.5. The molecule has 20 heavy (non-hydrogen) atoms. The van der Waals surface area contributed by atoms with E-state index in [4.69, 9.17) is 4.52 Å². The summed E-state index contributed by atoms with van der Waals surface area (Å²) in [6.07, 6.45) is 4.11. The molecule has 2 aromatic heterocycles. The van der Waals surface area contributed by atoms with Gasteiger partial charge in [0.25, 0.3) is 5.95 Å². The molecule has 1 saturated heterocycles. The maximum Gasteiger partial charge on any atom is 0.265 e. The summed E-state index contributed by atoms with van der Waals surface area (Å²) in [5, 5.41) is 3.99. The van der Waals surface area contributed by atoms with E-state index in [0.29, 0.717) is 11.9 Å². The summed E-state index contributed by atoms with van der Waals surface area (Å²) in [6, 6.07) is 0. The number of hydrogen-bond donors (Lipinski definition) is 0. The average molecular weight is 293 g/mol. The Kier molecular flexibility index (Phi) is 3.98. The van der Waals surface area contributed by atoms with Crippen LogP contribution in [0.15, 0.2) is 16.2 Å². The molecule has 3 rings (SSSR count). The summed E-state index contributed by atoms with van der Waals surface area (Å²) in [6.45, 7) is 3.15. The molecule has 0 aliphatic carbocycles. The quantitative estimate of drug-likeness (QED) is 0.859. The first-order valence-electron chi connectivity index (χ1n) is 6.83. The number of anilines is 1. The third kappa shape index (κ3) is 2.99. The van der Waals surface area contributed by atoms with Crippen LogP contribution in [0.2, 0.25) is 0 Å². The van der Waals surface area contributed by atoms with Gasteiger partial charge in [-0.15, -0.1) is 11.3 Å². The molecule has 6 nitrogen and oxygen atoms in total. The smallest absolute Gasteiger partial charge is 0.265 e. The van der Waals surface area contributed by atoms with Crippen molar-refractivity contribution in [3.8, 4) is 0 Å². The van der Waals surface area contributed by atoms with Gasteiger partial charge >= 0.3 is 0 Å². The number of aromatic nitrogens is 3. The fourth-order valence-electron chi connectivity index (χ4n) is 2.45. The van der Waals surface area contributed by atoms with Gasteiger partial charge in [0.05, 0.1) is 5.51 Å². The molecule has 1 fully saturated rings. The van der Waals surface area contributed by atoms with Crippen molar-refractivity contribution < 1.29 is 4.52 Å². The topological polar surface area (TPSA) is 58.3 Å². The number of piperidine rings is 1. The standard InChI is InChI=1S/C13H19N5OS/c1-17(2)13-15-12(19-16-13)10-3-5-18(6-4-10)8-11-7-14-9-20-11/h7,9-10H,3-6,8H2,1-2H3. The predicted octanol–water partition coefficient (Wildman–Crippen LogP) is 1.97. The highest BCUT2D eigenvalue weighted by Gasteiger charge is 2.25. The minimum absolute atomic E-state index is 0.397. The summed E-state index contributed by atoms with van der Waals surface area (Å²) < 4.78 is 5.38. The van der Waals surface area contributed by atoms with Crippen molar-refractivity contribution in [2.24, 2.45) is 0 Å². The van der Waals surface area contributed by atoms with E-state index in [1.54, 1.807) is 11.3 Å². The first-order chi connectivity index (χ1) is 9.72. The summed E-state index contributed by atoms with van der Waals surface area (Å²) in [5.41, 5.74) is 1.89. The Morgan fingerprint density at radius 2 is 2.20 bits per heavy atom. The van der Waals surface area contributed by atoms with Gasteiger partial charge in [0.2, 0.25) is 5.89 Å². The molecule has 0 saturated carbocycles. The first-order valence-corrected chi connectivity index (χ1v) is 7.71. The minimum atomic E-state index is 0.397. The molecular formula is C13H19N5OS. The van der Waals surface area contributed by atoms with Gasteiger partial charge in [0, 0.05) is 37.6 Å². The van der Waals surface area contributed by atoms with Crippen molar-refractivity contribution in [3.63, 3.8) is 0 Å². The SMILES string of the molecule is CN(C)c1noc(C2CCN(Cc3cncs3)CC2)n1. The highest BCUT2D eigenvalue weighted by atomic mass is 32.1. The van der Waals surface area contributed by atoms with Crippen molar-refractivity contribution in [1.29, 1.82) is 0 Å². The van der Waals surface area contributed by atoms with Crippen LogP contribution in [-0.2, 0) is 6.54 Å². The Hall–Kier alpha value is -1.47. The normalized spacial score (nSPS) is 17.5. The van der Waals surface area contributed by atoms with E-state index in [1.165, 1.54) is 4.88 Å². The maximum atomic E-state index is 5.38. The minimum Gasteiger partial charge on any atom is -0.344 e. The van der Waals surface area contributed by atoms with Gasteiger partial charge < -0.3 is 9.42 Å². The highest BCUT2D eigenvalue weighted by Crippen LogP contribution is 2.28. The van der Waals surface area contributed by atoms with Crippen LogP contribution in [0.3, 0.4) is 0 Å². The van der Waals surface area contributed by atoms with Crippen molar-refractivity contribution in [2.75, 3.05) is 32.1 Å². The fraction of sp³-hybridized carbons (Fsp3) is 0.615. The molecular weight excluding hydrogens is 274 g/mol. The monoisotopic (exact) mass is 293 g/mol. The van der Waals surface area contributed by atoms with Gasteiger partial charge in [-0.05, 0) is 31.1 Å². The molecule has 0 amide bonds. The van der Waals surface area contributed by atoms with Crippen LogP contribution in [0.4, 0.5) is 5.95 Å². The van der Waals surface area contributed by atoms with Gasteiger partial charge in [-0.2, -0.15) is 4.98 Å². The molecule has 0 radical (unpaired) electrons. The number of nitrogens with zero attached hydrogens (tertiary/aromatic N) is 5. The molecule has 3 heterocycles. The van der Waals surface area contributed by atoms with Crippen molar-refractivity contribution in [1.82, 2.24) is 20.0 Å². The van der Waals surface area contributed by atoms with E-state index in [2.05, 4.69) is 20.0 Å². The molecule has 7 heteroatoms. The lowest BCUT2D eigenvalue weighted by atomic mass is 9.97. The molecule has 1 aliphatic heterocycles. The lowest BCUT2D eigenvalue weighted by Gasteiger charge is -2.29. The third-order valence-corrected chi connectivity index (χ3v) is 4.40. The number of hydrogen-bond acceptors (Lipinski definition) is 7. The Labute approximate surface area is 122 Å². The largest absolute Gasteiger partial charge is 0.344 e. The predicted molar refractivity (Wildman–Crippen MR) is 78.0 cm³/mol. The van der Waals surface area contributed by atoms with E-state index in [9.17, 15) is 0 Å². The van der Waals surface area contributed by atoms with Gasteiger partial charge in [-0.1, -0.05) is 0 Å². The van der Waals surface area contributed by atoms with E-state index in [0.717, 1.165) is 38.4 Å². The summed E-state index contributed by atoms with van der Waals surface area (Å²) >= 11 is 1.72. The van der Waals surface area contributed by atoms with Crippen molar-refractivity contribution in [2.45, 2.75) is 25.3 Å². The summed E-state index contributed by atoms with van der Waals surface area (Å²) in [4.78, 5) is 14.2. The summed E-state index contributed by atoms with van der Waals surface area (Å²) in [5.74, 6) is 1.84. The maximum absolute atomic E-state index is 5.38. The molecule has 108 valence electrons. The summed E-state index contributed by atoms with van der Waals surface area (Å²) in [7, 11) is 3.85. The molecule has 2 aromatic rings. The highest BCUT2D eigenvalue weighted by molar-refractivity contribution is 7.09. The molecule has 0 N–H and O–H groups in total. The van der Waals surface area contributed by atoms with Gasteiger partial charge in [0.1, 0.15) is 0 Å². The van der Waals surface area contributed by atoms with E-state index in [1.807, 2.05) is 30.7 Å². The van der Waals surface area contributed by atoms with Gasteiger partial charge in [-0.25, -0.2) is 0 Å². The zero-order chi connectivity index (χ0) is 13.9. The third-order valence-electron chi connectivity index (χ3n) is 3.63. The zero-order valence-electron chi connectivity index (χ0n) is 11.8. The molecule has 0 spiro atoms. The van der Waals surface area contributed by atoms with E-state index in [-0.39, 0.29) is 0 Å². The van der Waals surface area contributed by atoms with Gasteiger partial charge in [0.15, 0.2) is 0 Å². The van der Waals surface area contributed by atoms with Crippen LogP contribution in [0.1, 0.15) is 29.5 Å². The zero-order valence-corrected chi connectivity index (χ0v) is 12.6. The van der Waals surface area contributed by atoms with Crippen LogP contribution < -0.4 is 4.90 Å². The number of rotatable bonds is 4. The van der Waals surface area contributed by atoms with E-state index < -0.39 is 0 Å². The van der Waals surface area contributed by atoms with Crippen LogP contribution in [-0.4, -0.2) is 47.2 Å². The molecule has 0 atom stereocenters. The molecule has 1 aliphatic rings. The lowest BCUT2D eigenvalue weighted by molar-refractivity contribution is 0.189. The number of thiazole rings is 1. The second-order valence-electron chi connectivity index (χ2n) is 5.35. The van der Waals surface area contributed by atoms with E-state index >= 15 is 0 Å². The van der Waals surface area contributed by atoms with Crippen molar-refractivity contribution >= 4 is 17.3 Å². The van der Waals surface area contributed by atoms with Gasteiger partial charge in [-0.3, -0.25) is 9.88 Å². The Balaban J connectivity index is 1.55. The Morgan fingerprint density at radius 3 is 2.80 bits per heavy atom. The fourth-order valence-corrected chi connectivity index (χ4v) is 3.09. The average Bonchev–Trinajstić information content (AvgIpc) is 3.10.